The van der Waals surface area contributed by atoms with E-state index < -0.39 is 11.9 Å². The van der Waals surface area contributed by atoms with E-state index in [4.69, 9.17) is 9.84 Å². The average molecular weight is 342 g/mol. The maximum absolute atomic E-state index is 12.2. The minimum absolute atomic E-state index is 0. The Morgan fingerprint density at radius 1 is 1.30 bits per heavy atom. The Morgan fingerprint density at radius 2 is 1.96 bits per heavy atom. The van der Waals surface area contributed by atoms with Gasteiger partial charge in [0.2, 0.25) is 5.91 Å². The van der Waals surface area contributed by atoms with E-state index in [-0.39, 0.29) is 18.3 Å². The zero-order valence-electron chi connectivity index (χ0n) is 13.5. The van der Waals surface area contributed by atoms with Crippen molar-refractivity contribution in [2.75, 3.05) is 19.7 Å². The lowest BCUT2D eigenvalue weighted by atomic mass is 10.1. The number of hydrogen-bond acceptors (Lipinski definition) is 3. The molecule has 1 fully saturated rings. The fourth-order valence-electron chi connectivity index (χ4n) is 2.44. The molecule has 6 heteroatoms. The minimum Gasteiger partial charge on any atom is -0.493 e. The average Bonchev–Trinajstić information content (AvgIpc) is 2.96. The molecule has 0 saturated carbocycles. The maximum Gasteiger partial charge on any atom is 0.308 e. The van der Waals surface area contributed by atoms with Crippen LogP contribution in [-0.2, 0) is 16.0 Å². The molecule has 1 atom stereocenters. The van der Waals surface area contributed by atoms with Gasteiger partial charge in [-0.25, -0.2) is 0 Å². The molecule has 1 aliphatic rings. The molecular weight excluding hydrogens is 318 g/mol. The molecule has 23 heavy (non-hydrogen) atoms. The topological polar surface area (TPSA) is 66.8 Å². The number of rotatable bonds is 6. The van der Waals surface area contributed by atoms with Gasteiger partial charge in [0.15, 0.2) is 0 Å². The highest BCUT2D eigenvalue weighted by atomic mass is 35.5. The predicted molar refractivity (Wildman–Crippen MR) is 90.0 cm³/mol. The molecule has 1 N–H and O–H groups in total. The lowest BCUT2D eigenvalue weighted by Crippen LogP contribution is -2.31. The van der Waals surface area contributed by atoms with Crippen molar-refractivity contribution in [2.45, 2.75) is 26.7 Å². The second-order valence-electron chi connectivity index (χ2n) is 6.19. The number of halogens is 1. The normalized spacial score (nSPS) is 17.0. The van der Waals surface area contributed by atoms with Crippen molar-refractivity contribution < 1.29 is 19.4 Å². The van der Waals surface area contributed by atoms with Crippen molar-refractivity contribution in [3.05, 3.63) is 29.8 Å². The van der Waals surface area contributed by atoms with Crippen molar-refractivity contribution in [3.8, 4) is 5.75 Å². The third-order valence-corrected chi connectivity index (χ3v) is 3.75. The summed E-state index contributed by atoms with van der Waals surface area (Å²) in [5, 5.41) is 8.97. The van der Waals surface area contributed by atoms with Crippen LogP contribution in [0.25, 0.3) is 0 Å². The number of carbonyl (C=O) groups is 2. The number of carbonyl (C=O) groups excluding carboxylic acids is 1. The number of carboxylic acids is 1. The number of aliphatic carboxylic acids is 1. The van der Waals surface area contributed by atoms with Gasteiger partial charge in [0.25, 0.3) is 0 Å². The van der Waals surface area contributed by atoms with Crippen molar-refractivity contribution in [2.24, 2.45) is 11.8 Å². The smallest absolute Gasteiger partial charge is 0.308 e. The maximum atomic E-state index is 12.2. The molecular formula is C17H24ClNO4. The first-order chi connectivity index (χ1) is 10.5. The fourth-order valence-corrected chi connectivity index (χ4v) is 2.44. The Balaban J connectivity index is 0.00000264. The van der Waals surface area contributed by atoms with E-state index in [0.717, 1.165) is 11.3 Å². The molecule has 1 saturated heterocycles. The first-order valence-electron chi connectivity index (χ1n) is 7.68. The van der Waals surface area contributed by atoms with Crippen molar-refractivity contribution >= 4 is 24.3 Å². The fraction of sp³-hybridized carbons (Fsp3) is 0.529. The van der Waals surface area contributed by atoms with Gasteiger partial charge in [-0.1, -0.05) is 26.0 Å². The van der Waals surface area contributed by atoms with Crippen LogP contribution in [-0.4, -0.2) is 41.6 Å². The monoisotopic (exact) mass is 341 g/mol. The van der Waals surface area contributed by atoms with Gasteiger partial charge < -0.3 is 14.7 Å². The Labute approximate surface area is 143 Å². The number of benzene rings is 1. The molecule has 1 aliphatic heterocycles. The Morgan fingerprint density at radius 3 is 2.48 bits per heavy atom. The molecule has 5 nitrogen and oxygen atoms in total. The van der Waals surface area contributed by atoms with Gasteiger partial charge in [-0.15, -0.1) is 12.4 Å². The molecule has 0 bridgehead atoms. The lowest BCUT2D eigenvalue weighted by Gasteiger charge is -2.16. The molecule has 1 amide bonds. The van der Waals surface area contributed by atoms with Crippen LogP contribution in [0, 0.1) is 11.8 Å². The van der Waals surface area contributed by atoms with Crippen LogP contribution in [0.5, 0.6) is 5.75 Å². The molecule has 0 spiro atoms. The van der Waals surface area contributed by atoms with Gasteiger partial charge in [0.05, 0.1) is 18.9 Å². The number of carboxylic acid groups (broad SMARTS) is 1. The summed E-state index contributed by atoms with van der Waals surface area (Å²) in [5.41, 5.74) is 0.917. The van der Waals surface area contributed by atoms with Crippen molar-refractivity contribution in [1.82, 2.24) is 4.90 Å². The van der Waals surface area contributed by atoms with Gasteiger partial charge in [-0.2, -0.15) is 0 Å². The summed E-state index contributed by atoms with van der Waals surface area (Å²) >= 11 is 0. The van der Waals surface area contributed by atoms with Crippen molar-refractivity contribution in [3.63, 3.8) is 0 Å². The first kappa shape index (κ1) is 19.3. The molecule has 0 aromatic heterocycles. The molecule has 128 valence electrons. The number of nitrogens with zero attached hydrogens (tertiary/aromatic N) is 1. The molecule has 0 radical (unpaired) electrons. The summed E-state index contributed by atoms with van der Waals surface area (Å²) < 4.78 is 5.61. The first-order valence-corrected chi connectivity index (χ1v) is 7.68. The summed E-state index contributed by atoms with van der Waals surface area (Å²) in [6, 6.07) is 7.51. The third kappa shape index (κ3) is 5.75. The van der Waals surface area contributed by atoms with Crippen LogP contribution < -0.4 is 4.74 Å². The Bertz CT molecular complexity index is 530. The van der Waals surface area contributed by atoms with E-state index in [1.54, 1.807) is 4.90 Å². The summed E-state index contributed by atoms with van der Waals surface area (Å²) in [6.07, 6.45) is 0.847. The highest BCUT2D eigenvalue weighted by molar-refractivity contribution is 5.85. The molecule has 0 aliphatic carbocycles. The lowest BCUT2D eigenvalue weighted by molar-refractivity contribution is -0.141. The number of ether oxygens (including phenoxy) is 1. The van der Waals surface area contributed by atoms with E-state index in [1.807, 2.05) is 24.3 Å². The number of hydrogen-bond donors (Lipinski definition) is 1. The highest BCUT2D eigenvalue weighted by Gasteiger charge is 2.30. The number of likely N-dealkylation sites (tertiary alicyclic amines) is 1. The van der Waals surface area contributed by atoms with Crippen LogP contribution in [0.1, 0.15) is 25.8 Å². The van der Waals surface area contributed by atoms with Crippen LogP contribution in [0.3, 0.4) is 0 Å². The van der Waals surface area contributed by atoms with E-state index in [9.17, 15) is 9.59 Å². The third-order valence-electron chi connectivity index (χ3n) is 3.75. The zero-order chi connectivity index (χ0) is 16.1. The van der Waals surface area contributed by atoms with E-state index in [2.05, 4.69) is 13.8 Å². The Hall–Kier alpha value is -1.75. The van der Waals surface area contributed by atoms with Crippen molar-refractivity contribution in [1.29, 1.82) is 0 Å². The summed E-state index contributed by atoms with van der Waals surface area (Å²) in [6.45, 7) is 5.71. The second-order valence-corrected chi connectivity index (χ2v) is 6.19. The van der Waals surface area contributed by atoms with E-state index in [0.29, 0.717) is 38.5 Å². The summed E-state index contributed by atoms with van der Waals surface area (Å²) in [7, 11) is 0. The van der Waals surface area contributed by atoms with E-state index in [1.165, 1.54) is 0 Å². The zero-order valence-corrected chi connectivity index (χ0v) is 14.3. The van der Waals surface area contributed by atoms with E-state index >= 15 is 0 Å². The van der Waals surface area contributed by atoms with Crippen LogP contribution in [0.4, 0.5) is 0 Å². The van der Waals surface area contributed by atoms with Gasteiger partial charge in [0, 0.05) is 13.1 Å². The highest BCUT2D eigenvalue weighted by Crippen LogP contribution is 2.19. The van der Waals surface area contributed by atoms with Gasteiger partial charge in [-0.05, 0) is 30.0 Å². The molecule has 1 unspecified atom stereocenters. The summed E-state index contributed by atoms with van der Waals surface area (Å²) in [4.78, 5) is 24.7. The largest absolute Gasteiger partial charge is 0.493 e. The molecule has 1 aromatic rings. The second kappa shape index (κ2) is 8.77. The van der Waals surface area contributed by atoms with Crippen LogP contribution in [0.15, 0.2) is 24.3 Å². The predicted octanol–water partition coefficient (Wildman–Crippen LogP) is 2.62. The molecule has 1 aromatic carbocycles. The summed E-state index contributed by atoms with van der Waals surface area (Å²) in [5.74, 6) is 0.0212. The molecule has 1 heterocycles. The van der Waals surface area contributed by atoms with Gasteiger partial charge in [0.1, 0.15) is 5.75 Å². The minimum atomic E-state index is -0.818. The SMILES string of the molecule is CC(C)COc1ccc(CC(=O)N2CCC(C(=O)O)C2)cc1.Cl. The number of amides is 1. The van der Waals surface area contributed by atoms with Gasteiger partial charge in [-0.3, -0.25) is 9.59 Å². The quantitative estimate of drug-likeness (QED) is 0.863. The van der Waals surface area contributed by atoms with Crippen LogP contribution in [0.2, 0.25) is 0 Å². The van der Waals surface area contributed by atoms with Crippen LogP contribution >= 0.6 is 12.4 Å². The van der Waals surface area contributed by atoms with Gasteiger partial charge >= 0.3 is 5.97 Å². The molecule has 2 rings (SSSR count). The standard InChI is InChI=1S/C17H23NO4.ClH/c1-12(2)11-22-15-5-3-13(4-6-15)9-16(19)18-8-7-14(10-18)17(20)21;/h3-6,12,14H,7-11H2,1-2H3,(H,20,21);1H. The Kier molecular flexibility index (Phi) is 7.36.